The minimum atomic E-state index is -1.20. The highest BCUT2D eigenvalue weighted by Crippen LogP contribution is 2.40. The topological polar surface area (TPSA) is 70.1 Å². The quantitative estimate of drug-likeness (QED) is 0.858. The highest BCUT2D eigenvalue weighted by atomic mass is 16.6. The zero-order valence-electron chi connectivity index (χ0n) is 14.9. The molecule has 136 valence electrons. The second kappa shape index (κ2) is 7.04. The molecule has 2 fully saturated rings. The first kappa shape index (κ1) is 17.7. The first-order chi connectivity index (χ1) is 12.0. The predicted molar refractivity (Wildman–Crippen MR) is 93.2 cm³/mol. The standard InChI is InChI=1S/C19H26N2O4/c1-3-21(18(24)25-12-15-7-5-4-6-8-15)19(17(22)23)11-14(2)20(13-19)16-9-10-16/h4-8,14,16H,3,9-13H2,1-2H3,(H,22,23). The van der Waals surface area contributed by atoms with Gasteiger partial charge in [-0.05, 0) is 38.7 Å². The van der Waals surface area contributed by atoms with Gasteiger partial charge in [-0.1, -0.05) is 30.3 Å². The fourth-order valence-corrected chi connectivity index (χ4v) is 3.89. The van der Waals surface area contributed by atoms with Crippen molar-refractivity contribution in [1.29, 1.82) is 0 Å². The molecule has 0 aromatic heterocycles. The molecule has 2 atom stereocenters. The molecule has 1 N–H and O–H groups in total. The molecular weight excluding hydrogens is 320 g/mol. The van der Waals surface area contributed by atoms with E-state index in [1.807, 2.05) is 37.3 Å². The third kappa shape index (κ3) is 3.49. The number of hydrogen-bond donors (Lipinski definition) is 1. The normalized spacial score (nSPS) is 26.4. The Hall–Kier alpha value is -2.08. The van der Waals surface area contributed by atoms with Gasteiger partial charge in [-0.2, -0.15) is 0 Å². The maximum Gasteiger partial charge on any atom is 0.411 e. The van der Waals surface area contributed by atoms with Crippen LogP contribution in [0.3, 0.4) is 0 Å². The number of benzene rings is 1. The molecular formula is C19H26N2O4. The number of nitrogens with zero attached hydrogens (tertiary/aromatic N) is 2. The average Bonchev–Trinajstić information content (AvgIpc) is 3.38. The van der Waals surface area contributed by atoms with Crippen molar-refractivity contribution in [2.45, 2.75) is 57.3 Å². The van der Waals surface area contributed by atoms with Crippen LogP contribution in [0.25, 0.3) is 0 Å². The third-order valence-electron chi connectivity index (χ3n) is 5.32. The van der Waals surface area contributed by atoms with Gasteiger partial charge in [0.2, 0.25) is 0 Å². The molecule has 1 aromatic carbocycles. The lowest BCUT2D eigenvalue weighted by Gasteiger charge is -2.36. The van der Waals surface area contributed by atoms with Gasteiger partial charge < -0.3 is 9.84 Å². The molecule has 1 aliphatic carbocycles. The first-order valence-corrected chi connectivity index (χ1v) is 8.95. The smallest absolute Gasteiger partial charge is 0.411 e. The van der Waals surface area contributed by atoms with E-state index < -0.39 is 17.6 Å². The van der Waals surface area contributed by atoms with Crippen molar-refractivity contribution in [3.05, 3.63) is 35.9 Å². The Bertz CT molecular complexity index is 632. The van der Waals surface area contributed by atoms with E-state index in [0.29, 0.717) is 25.6 Å². The van der Waals surface area contributed by atoms with E-state index in [2.05, 4.69) is 4.90 Å². The van der Waals surface area contributed by atoms with Crippen LogP contribution in [0.2, 0.25) is 0 Å². The molecule has 2 unspecified atom stereocenters. The average molecular weight is 346 g/mol. The predicted octanol–water partition coefficient (Wildman–Crippen LogP) is 2.73. The van der Waals surface area contributed by atoms with Crippen molar-refractivity contribution in [2.24, 2.45) is 0 Å². The number of carboxylic acids is 1. The van der Waals surface area contributed by atoms with E-state index in [-0.39, 0.29) is 12.6 Å². The van der Waals surface area contributed by atoms with Gasteiger partial charge in [-0.15, -0.1) is 0 Å². The number of amides is 1. The SMILES string of the molecule is CCN(C(=O)OCc1ccccc1)C1(C(=O)O)CC(C)N(C2CC2)C1. The molecule has 1 aliphatic heterocycles. The highest BCUT2D eigenvalue weighted by Gasteiger charge is 2.56. The van der Waals surface area contributed by atoms with Gasteiger partial charge in [0.15, 0.2) is 5.54 Å². The van der Waals surface area contributed by atoms with Crippen molar-refractivity contribution in [1.82, 2.24) is 9.80 Å². The minimum absolute atomic E-state index is 0.147. The molecule has 1 saturated carbocycles. The lowest BCUT2D eigenvalue weighted by atomic mass is 9.94. The summed E-state index contributed by atoms with van der Waals surface area (Å²) in [5, 5.41) is 9.96. The van der Waals surface area contributed by atoms with Crippen molar-refractivity contribution < 1.29 is 19.4 Å². The van der Waals surface area contributed by atoms with E-state index in [9.17, 15) is 14.7 Å². The van der Waals surface area contributed by atoms with Crippen molar-refractivity contribution in [2.75, 3.05) is 13.1 Å². The Morgan fingerprint density at radius 2 is 2.00 bits per heavy atom. The van der Waals surface area contributed by atoms with Crippen LogP contribution in [0.15, 0.2) is 30.3 Å². The first-order valence-electron chi connectivity index (χ1n) is 8.95. The van der Waals surface area contributed by atoms with E-state index in [1.54, 1.807) is 6.92 Å². The summed E-state index contributed by atoms with van der Waals surface area (Å²) in [6.45, 7) is 4.69. The Balaban J connectivity index is 1.74. The molecule has 2 aliphatic rings. The molecule has 25 heavy (non-hydrogen) atoms. The summed E-state index contributed by atoms with van der Waals surface area (Å²) in [7, 11) is 0. The fraction of sp³-hybridized carbons (Fsp3) is 0.579. The van der Waals surface area contributed by atoms with Gasteiger partial charge in [0.1, 0.15) is 6.61 Å². The molecule has 1 heterocycles. The summed E-state index contributed by atoms with van der Waals surface area (Å²) in [6, 6.07) is 10.0. The van der Waals surface area contributed by atoms with Crippen LogP contribution < -0.4 is 0 Å². The van der Waals surface area contributed by atoms with Crippen LogP contribution in [0.4, 0.5) is 4.79 Å². The van der Waals surface area contributed by atoms with Gasteiger partial charge in [0, 0.05) is 25.2 Å². The van der Waals surface area contributed by atoms with Crippen molar-refractivity contribution in [3.8, 4) is 0 Å². The largest absolute Gasteiger partial charge is 0.479 e. The number of hydrogen-bond acceptors (Lipinski definition) is 4. The zero-order chi connectivity index (χ0) is 18.0. The Morgan fingerprint density at radius 1 is 1.32 bits per heavy atom. The van der Waals surface area contributed by atoms with Gasteiger partial charge in [0.25, 0.3) is 0 Å². The molecule has 0 spiro atoms. The fourth-order valence-electron chi connectivity index (χ4n) is 3.89. The maximum absolute atomic E-state index is 12.7. The van der Waals surface area contributed by atoms with Gasteiger partial charge in [0.05, 0.1) is 0 Å². The highest BCUT2D eigenvalue weighted by molar-refractivity contribution is 5.85. The molecule has 6 heteroatoms. The molecule has 1 saturated heterocycles. The zero-order valence-corrected chi connectivity index (χ0v) is 14.9. The Morgan fingerprint density at radius 3 is 2.56 bits per heavy atom. The van der Waals surface area contributed by atoms with Crippen LogP contribution >= 0.6 is 0 Å². The third-order valence-corrected chi connectivity index (χ3v) is 5.32. The van der Waals surface area contributed by atoms with E-state index in [4.69, 9.17) is 4.74 Å². The Kier molecular flexibility index (Phi) is 4.99. The molecule has 0 radical (unpaired) electrons. The van der Waals surface area contributed by atoms with Crippen LogP contribution in [-0.4, -0.2) is 57.7 Å². The van der Waals surface area contributed by atoms with Crippen LogP contribution in [-0.2, 0) is 16.1 Å². The van der Waals surface area contributed by atoms with E-state index in [1.165, 1.54) is 4.90 Å². The molecule has 1 amide bonds. The summed E-state index contributed by atoms with van der Waals surface area (Å²) in [5.74, 6) is -0.944. The van der Waals surface area contributed by atoms with Gasteiger partial charge >= 0.3 is 12.1 Å². The number of carbonyl (C=O) groups excluding carboxylic acids is 1. The summed E-state index contributed by atoms with van der Waals surface area (Å²) >= 11 is 0. The molecule has 1 aromatic rings. The number of carboxylic acid groups (broad SMARTS) is 1. The molecule has 6 nitrogen and oxygen atoms in total. The van der Waals surface area contributed by atoms with E-state index >= 15 is 0 Å². The lowest BCUT2D eigenvalue weighted by molar-refractivity contribution is -0.150. The van der Waals surface area contributed by atoms with E-state index in [0.717, 1.165) is 18.4 Å². The van der Waals surface area contributed by atoms with Gasteiger partial charge in [-0.25, -0.2) is 9.59 Å². The molecule has 0 bridgehead atoms. The van der Waals surface area contributed by atoms with Crippen molar-refractivity contribution in [3.63, 3.8) is 0 Å². The number of rotatable bonds is 6. The van der Waals surface area contributed by atoms with Crippen molar-refractivity contribution >= 4 is 12.1 Å². The van der Waals surface area contributed by atoms with Crippen LogP contribution in [0.5, 0.6) is 0 Å². The van der Waals surface area contributed by atoms with Crippen LogP contribution in [0, 0.1) is 0 Å². The number of aliphatic carboxylic acids is 1. The lowest BCUT2D eigenvalue weighted by Crippen LogP contribution is -2.58. The molecule has 3 rings (SSSR count). The summed E-state index contributed by atoms with van der Waals surface area (Å²) < 4.78 is 5.42. The maximum atomic E-state index is 12.7. The number of likely N-dealkylation sites (tertiary alicyclic amines) is 1. The number of likely N-dealkylation sites (N-methyl/N-ethyl adjacent to an activating group) is 1. The number of carbonyl (C=O) groups is 2. The minimum Gasteiger partial charge on any atom is -0.479 e. The van der Waals surface area contributed by atoms with Gasteiger partial charge in [-0.3, -0.25) is 9.80 Å². The van der Waals surface area contributed by atoms with Crippen LogP contribution in [0.1, 0.15) is 38.7 Å². The summed E-state index contributed by atoms with van der Waals surface area (Å²) in [5.41, 5.74) is -0.319. The monoisotopic (exact) mass is 346 g/mol. The second-order valence-electron chi connectivity index (χ2n) is 7.08. The Labute approximate surface area is 148 Å². The second-order valence-corrected chi connectivity index (χ2v) is 7.08. The number of ether oxygens (including phenoxy) is 1. The summed E-state index contributed by atoms with van der Waals surface area (Å²) in [4.78, 5) is 28.5. The summed E-state index contributed by atoms with van der Waals surface area (Å²) in [6.07, 6.45) is 2.11.